The molecule has 0 aliphatic carbocycles. The molecule has 8 N–H and O–H groups in total. The minimum atomic E-state index is -5.71. The first-order valence-electron chi connectivity index (χ1n) is 27.7. The molecule has 2 bridgehead atoms. The van der Waals surface area contributed by atoms with Crippen molar-refractivity contribution in [1.29, 1.82) is 0 Å². The van der Waals surface area contributed by atoms with Gasteiger partial charge in [-0.2, -0.15) is 9.29 Å². The van der Waals surface area contributed by atoms with Gasteiger partial charge in [0.2, 0.25) is 0 Å². The third-order valence-corrected chi connectivity index (χ3v) is 16.3. The third kappa shape index (κ3) is 27.5. The maximum absolute atomic E-state index is 14.3. The quantitative estimate of drug-likeness (QED) is 0.0198. The van der Waals surface area contributed by atoms with Gasteiger partial charge in [0.05, 0.1) is 37.4 Å². The molecule has 432 valence electrons. The number of Topliss-reactive ketones (excluding diaryl/α,β-unsaturated/α-hetero) is 1. The highest BCUT2D eigenvalue weighted by molar-refractivity contribution is 7.61. The van der Waals surface area contributed by atoms with Crippen LogP contribution in [0.25, 0.3) is 0 Å². The lowest BCUT2D eigenvalue weighted by molar-refractivity contribution is -0.184. The van der Waals surface area contributed by atoms with E-state index in [1.165, 1.54) is 88.6 Å². The summed E-state index contributed by atoms with van der Waals surface area (Å²) < 4.78 is 59.0. The Kier molecular flexibility index (Phi) is 32.1. The van der Waals surface area contributed by atoms with E-state index in [0.717, 1.165) is 49.0 Å². The topological polar surface area (TPSA) is 323 Å². The van der Waals surface area contributed by atoms with Gasteiger partial charge in [0.1, 0.15) is 36.6 Å². The Morgan fingerprint density at radius 2 is 1.41 bits per heavy atom. The number of esters is 2. The van der Waals surface area contributed by atoms with Gasteiger partial charge >= 0.3 is 33.3 Å². The predicted octanol–water partition coefficient (Wildman–Crippen LogP) is 8.45. The van der Waals surface area contributed by atoms with Crippen LogP contribution in [0.3, 0.4) is 0 Å². The number of rotatable bonds is 26. The van der Waals surface area contributed by atoms with Gasteiger partial charge in [0, 0.05) is 31.4 Å². The fourth-order valence-electron chi connectivity index (χ4n) is 9.27. The number of aliphatic hydroxyl groups excluding tert-OH is 4. The summed E-state index contributed by atoms with van der Waals surface area (Å²) in [5.41, 5.74) is 4.76. The molecule has 2 saturated heterocycles. The number of carbonyl (C=O) groups excluding carboxylic acids is 3. The van der Waals surface area contributed by atoms with Gasteiger partial charge in [-0.25, -0.2) is 13.9 Å². The second-order valence-electron chi connectivity index (χ2n) is 20.7. The van der Waals surface area contributed by atoms with E-state index >= 15 is 0 Å². The highest BCUT2D eigenvalue weighted by Crippen LogP contribution is 2.60. The van der Waals surface area contributed by atoms with Gasteiger partial charge in [-0.05, 0) is 37.7 Å². The Labute approximate surface area is 443 Å². The van der Waals surface area contributed by atoms with Crippen LogP contribution in [0.15, 0.2) is 29.2 Å². The van der Waals surface area contributed by atoms with Gasteiger partial charge in [-0.1, -0.05) is 161 Å². The van der Waals surface area contributed by atoms with Gasteiger partial charge in [0.15, 0.2) is 6.10 Å². The van der Waals surface area contributed by atoms with Crippen molar-refractivity contribution in [3.63, 3.8) is 0 Å². The summed E-state index contributed by atoms with van der Waals surface area (Å²) in [6.45, 7) is 3.84. The van der Waals surface area contributed by atoms with Crippen LogP contribution in [-0.2, 0) is 51.1 Å². The van der Waals surface area contributed by atoms with Crippen LogP contribution in [0.5, 0.6) is 0 Å². The van der Waals surface area contributed by atoms with Crippen molar-refractivity contribution in [2.24, 2.45) is 17.8 Å². The van der Waals surface area contributed by atoms with E-state index in [-0.39, 0.29) is 31.5 Å². The van der Waals surface area contributed by atoms with Crippen LogP contribution in [0, 0.1) is 17.8 Å². The number of nitrogens with two attached hydrogens (primary N) is 1. The van der Waals surface area contributed by atoms with E-state index in [4.69, 9.17) is 29.0 Å². The van der Waals surface area contributed by atoms with Gasteiger partial charge in [-0.15, -0.1) is 0 Å². The monoisotopic (exact) mass is 1110 g/mol. The van der Waals surface area contributed by atoms with Crippen molar-refractivity contribution in [2.75, 3.05) is 25.6 Å². The smallest absolute Gasteiger partial charge is 0.462 e. The van der Waals surface area contributed by atoms with Crippen molar-refractivity contribution in [3.8, 4) is 0 Å². The molecule has 0 aromatic carbocycles. The Hall–Kier alpha value is -2.91. The van der Waals surface area contributed by atoms with Crippen LogP contribution >= 0.6 is 15.6 Å². The molecule has 23 heteroatoms. The van der Waals surface area contributed by atoms with Crippen molar-refractivity contribution in [3.05, 3.63) is 34.9 Å². The number of fused-ring (bicyclic) bond motifs is 3. The molecule has 2 unspecified atom stereocenters. The summed E-state index contributed by atoms with van der Waals surface area (Å²) in [5, 5.41) is 45.5. The highest BCUT2D eigenvalue weighted by Gasteiger charge is 2.45. The summed E-state index contributed by atoms with van der Waals surface area (Å²) in [7, 11) is -11.3. The summed E-state index contributed by atoms with van der Waals surface area (Å²) in [4.78, 5) is 78.5. The molecular formula is C52H91N3O18P2. The van der Waals surface area contributed by atoms with Crippen LogP contribution in [0.4, 0.5) is 5.82 Å². The van der Waals surface area contributed by atoms with Gasteiger partial charge in [0.25, 0.3) is 0 Å². The molecule has 11 atom stereocenters. The summed E-state index contributed by atoms with van der Waals surface area (Å²) in [6.07, 6.45) is 12.8. The molecule has 75 heavy (non-hydrogen) atoms. The zero-order chi connectivity index (χ0) is 55.2. The number of nitrogen functional groups attached to an aromatic ring is 1. The molecule has 0 amide bonds. The first kappa shape index (κ1) is 66.4. The summed E-state index contributed by atoms with van der Waals surface area (Å²) in [6, 6.07) is 1.23. The second kappa shape index (κ2) is 36.3. The van der Waals surface area contributed by atoms with E-state index in [0.29, 0.717) is 38.5 Å². The molecule has 1 aromatic heterocycles. The Morgan fingerprint density at radius 1 is 0.827 bits per heavy atom. The number of aromatic nitrogens is 2. The molecular weight excluding hydrogens is 1020 g/mol. The maximum atomic E-state index is 14.3. The fraction of sp³-hybridized carbons (Fsp3) is 0.827. The average molecular weight is 1110 g/mol. The lowest BCUT2D eigenvalue weighted by atomic mass is 9.83. The normalized spacial score (nSPS) is 28.8. The molecule has 3 heterocycles. The number of carbonyl (C=O) groups is 3. The predicted molar refractivity (Wildman–Crippen MR) is 281 cm³/mol. The number of unbranched alkanes of at least 4 members (excludes halogenated alkanes) is 15. The van der Waals surface area contributed by atoms with Crippen LogP contribution in [0.1, 0.15) is 200 Å². The van der Waals surface area contributed by atoms with E-state index < -0.39 is 120 Å². The fourth-order valence-corrected chi connectivity index (χ4v) is 11.4. The number of ketones is 1. The number of anilines is 1. The second-order valence-corrected chi connectivity index (χ2v) is 23.7. The standard InChI is InChI=1S/C52H91N3O18P2/c1-4-5-20-26-39(56)30-31-41-43(57)34-44(58)42-27-22-18-19-24-29-48(60)71-40(35-68-47(59)28-23-17-15-13-11-9-7-6-8-10-12-14-16-21-25-38(2)3)36-69-74(64,65)73-75(66,67)70-37-45(50(62)49(41)61)72-51(42)55-33-32-46(53)54-52(55)63/h30-33,38-43,45,49-51,56-57,61-62H,4-29,34-37H2,1-3H3,(H,64,65)(H,66,67)(H2,53,54,63)/b31-30-/t39-,40+,41-,42-,43+,45+,49-,50+,51+/m0/s1. The highest BCUT2D eigenvalue weighted by atomic mass is 31.3. The first-order chi connectivity index (χ1) is 35.7. The van der Waals surface area contributed by atoms with Crippen molar-refractivity contribution < 1.29 is 81.3 Å². The molecule has 0 saturated carbocycles. The van der Waals surface area contributed by atoms with Crippen molar-refractivity contribution in [2.45, 2.75) is 237 Å². The van der Waals surface area contributed by atoms with Crippen molar-refractivity contribution >= 4 is 39.2 Å². The molecule has 2 fully saturated rings. The number of hydrogen-bond acceptors (Lipinski definition) is 18. The number of ether oxygens (including phenoxy) is 3. The van der Waals surface area contributed by atoms with Crippen LogP contribution in [-0.4, -0.2) is 114 Å². The number of cyclic esters (lactones) is 1. The number of phosphoric acid groups is 2. The molecule has 0 spiro atoms. The Bertz CT molecular complexity index is 1990. The largest absolute Gasteiger partial charge is 0.481 e. The number of nitrogens with zero attached hydrogens (tertiary/aromatic N) is 2. The first-order valence-corrected chi connectivity index (χ1v) is 30.7. The van der Waals surface area contributed by atoms with E-state index in [9.17, 15) is 58.5 Å². The lowest BCUT2D eigenvalue weighted by Crippen LogP contribution is -2.51. The number of aliphatic hydroxyl groups is 4. The Balaban J connectivity index is 1.70. The molecule has 21 nitrogen and oxygen atoms in total. The van der Waals surface area contributed by atoms with E-state index in [1.54, 1.807) is 0 Å². The SMILES string of the molecule is CCCCC[C@H](O)/C=C\[C@@H]1[C@H](O)[C@H](O)[C@H]2COP(=O)(O)OP(=O)(O)OC[C@@H](COC(=O)CCCCCCCCCCCCCCCCC(C)C)OC(=O)CCCCCC[C@@H](C(=O)C[C@H]1O)[C@H](n1ccc(N)nc1=O)O2. The molecule has 2 aliphatic heterocycles. The van der Waals surface area contributed by atoms with Crippen LogP contribution < -0.4 is 11.4 Å². The zero-order valence-electron chi connectivity index (χ0n) is 44.7. The number of phosphoric ester groups is 2. The average Bonchev–Trinajstić information content (AvgIpc) is 3.33. The van der Waals surface area contributed by atoms with Gasteiger partial charge in [-0.3, -0.25) is 28.0 Å². The number of hydrogen-bond donors (Lipinski definition) is 7. The maximum Gasteiger partial charge on any atom is 0.481 e. The minimum absolute atomic E-state index is 0.000480. The molecule has 1 aromatic rings. The zero-order valence-corrected chi connectivity index (χ0v) is 46.5. The van der Waals surface area contributed by atoms with E-state index in [1.807, 2.05) is 6.92 Å². The van der Waals surface area contributed by atoms with Crippen molar-refractivity contribution in [1.82, 2.24) is 9.55 Å². The molecule has 3 rings (SSSR count). The summed E-state index contributed by atoms with van der Waals surface area (Å²) >= 11 is 0. The third-order valence-electron chi connectivity index (χ3n) is 13.7. The van der Waals surface area contributed by atoms with Crippen LogP contribution in [0.2, 0.25) is 0 Å². The lowest BCUT2D eigenvalue weighted by Gasteiger charge is -2.38. The molecule has 2 aliphatic rings. The molecule has 0 radical (unpaired) electrons. The summed E-state index contributed by atoms with van der Waals surface area (Å²) in [5.74, 6) is -4.12. The van der Waals surface area contributed by atoms with E-state index in [2.05, 4.69) is 23.1 Å². The minimum Gasteiger partial charge on any atom is -0.462 e. The van der Waals surface area contributed by atoms with Gasteiger partial charge < -0.3 is 50.2 Å². The Morgan fingerprint density at radius 3 is 2.03 bits per heavy atom.